The molecule has 2 aromatic rings. The maximum Gasteiger partial charge on any atom is 0.411 e. The molecule has 0 aliphatic carbocycles. The monoisotopic (exact) mass is 364 g/mol. The van der Waals surface area contributed by atoms with E-state index < -0.39 is 19.1 Å². The highest BCUT2D eigenvalue weighted by molar-refractivity contribution is 6.02. The molecule has 0 radical (unpaired) electrons. The SMILES string of the molecule is CC(=O)N1c2ccc(-c3cnn(CC(F)F)c3)cc2N(C(=O)O)C[C@@H]1C. The van der Waals surface area contributed by atoms with Gasteiger partial charge in [0.05, 0.1) is 23.6 Å². The van der Waals surface area contributed by atoms with Gasteiger partial charge >= 0.3 is 6.09 Å². The van der Waals surface area contributed by atoms with E-state index in [1.54, 1.807) is 30.0 Å². The van der Waals surface area contributed by atoms with Gasteiger partial charge < -0.3 is 10.0 Å². The average molecular weight is 364 g/mol. The Bertz CT molecular complexity index is 852. The summed E-state index contributed by atoms with van der Waals surface area (Å²) >= 11 is 0. The number of nitrogens with zero attached hydrogens (tertiary/aromatic N) is 4. The van der Waals surface area contributed by atoms with Crippen molar-refractivity contribution in [1.29, 1.82) is 0 Å². The quantitative estimate of drug-likeness (QED) is 0.908. The number of anilines is 2. The second-order valence-electron chi connectivity index (χ2n) is 6.18. The molecule has 0 saturated heterocycles. The number of rotatable bonds is 3. The molecule has 2 heterocycles. The van der Waals surface area contributed by atoms with Crippen molar-refractivity contribution in [2.24, 2.45) is 0 Å². The molecule has 138 valence electrons. The molecule has 0 bridgehead atoms. The molecule has 7 nitrogen and oxygen atoms in total. The molecule has 1 atom stereocenters. The van der Waals surface area contributed by atoms with E-state index in [9.17, 15) is 23.5 Å². The first-order chi connectivity index (χ1) is 12.3. The van der Waals surface area contributed by atoms with Crippen LogP contribution in [0, 0.1) is 0 Å². The molecule has 0 saturated carbocycles. The van der Waals surface area contributed by atoms with Crippen LogP contribution in [0.15, 0.2) is 30.6 Å². The van der Waals surface area contributed by atoms with E-state index in [0.717, 1.165) is 4.68 Å². The second kappa shape index (κ2) is 6.74. The maximum absolute atomic E-state index is 12.5. The number of carboxylic acid groups (broad SMARTS) is 1. The van der Waals surface area contributed by atoms with Gasteiger partial charge in [0.2, 0.25) is 5.91 Å². The topological polar surface area (TPSA) is 78.7 Å². The van der Waals surface area contributed by atoms with E-state index in [1.165, 1.54) is 24.2 Å². The highest BCUT2D eigenvalue weighted by Gasteiger charge is 2.33. The number of amides is 2. The van der Waals surface area contributed by atoms with Crippen LogP contribution in [0.25, 0.3) is 11.1 Å². The Morgan fingerprint density at radius 1 is 1.31 bits per heavy atom. The lowest BCUT2D eigenvalue weighted by molar-refractivity contribution is -0.117. The highest BCUT2D eigenvalue weighted by Crippen LogP contribution is 2.38. The van der Waals surface area contributed by atoms with Crippen molar-refractivity contribution in [3.63, 3.8) is 0 Å². The fraction of sp³-hybridized carbons (Fsp3) is 0.353. The van der Waals surface area contributed by atoms with Crippen LogP contribution in [-0.2, 0) is 11.3 Å². The molecule has 0 unspecified atom stereocenters. The fourth-order valence-electron chi connectivity index (χ4n) is 3.22. The van der Waals surface area contributed by atoms with Crippen LogP contribution in [0.2, 0.25) is 0 Å². The Kier molecular flexibility index (Phi) is 4.62. The molecule has 0 spiro atoms. The molecule has 26 heavy (non-hydrogen) atoms. The Morgan fingerprint density at radius 3 is 2.65 bits per heavy atom. The Morgan fingerprint density at radius 2 is 2.04 bits per heavy atom. The van der Waals surface area contributed by atoms with E-state index in [1.807, 2.05) is 0 Å². The van der Waals surface area contributed by atoms with Gasteiger partial charge in [-0.05, 0) is 24.6 Å². The normalized spacial score (nSPS) is 16.7. The van der Waals surface area contributed by atoms with Crippen molar-refractivity contribution in [2.45, 2.75) is 32.9 Å². The molecule has 1 aliphatic heterocycles. The summed E-state index contributed by atoms with van der Waals surface area (Å²) < 4.78 is 26.1. The van der Waals surface area contributed by atoms with Crippen LogP contribution in [0.5, 0.6) is 0 Å². The highest BCUT2D eigenvalue weighted by atomic mass is 19.3. The number of alkyl halides is 2. The third-order valence-corrected chi connectivity index (χ3v) is 4.28. The van der Waals surface area contributed by atoms with Gasteiger partial charge in [0.25, 0.3) is 6.43 Å². The van der Waals surface area contributed by atoms with Crippen LogP contribution in [-0.4, -0.2) is 45.9 Å². The number of halogens is 2. The van der Waals surface area contributed by atoms with Crippen LogP contribution in [0.1, 0.15) is 13.8 Å². The Balaban J connectivity index is 2.04. The minimum Gasteiger partial charge on any atom is -0.465 e. The van der Waals surface area contributed by atoms with Gasteiger partial charge in [-0.1, -0.05) is 6.07 Å². The summed E-state index contributed by atoms with van der Waals surface area (Å²) in [5.41, 5.74) is 2.10. The molecule has 1 aromatic carbocycles. The zero-order valence-electron chi connectivity index (χ0n) is 14.3. The number of hydrogen-bond acceptors (Lipinski definition) is 3. The standard InChI is InChI=1S/C17H18F2N4O3/c1-10-7-22(17(25)26)15-5-12(3-4-14(15)23(10)11(2)24)13-6-20-21(8-13)9-16(18)19/h3-6,8,10,16H,7,9H2,1-2H3,(H,25,26)/t10-/m0/s1. The van der Waals surface area contributed by atoms with Crippen molar-refractivity contribution < 1.29 is 23.5 Å². The summed E-state index contributed by atoms with van der Waals surface area (Å²) in [6, 6.07) is 4.73. The number of benzene rings is 1. The zero-order chi connectivity index (χ0) is 19.0. The molecule has 2 amide bonds. The van der Waals surface area contributed by atoms with Crippen LogP contribution >= 0.6 is 0 Å². The van der Waals surface area contributed by atoms with Crippen molar-refractivity contribution in [3.05, 3.63) is 30.6 Å². The van der Waals surface area contributed by atoms with Crippen molar-refractivity contribution in [2.75, 3.05) is 16.3 Å². The minimum atomic E-state index is -2.51. The lowest BCUT2D eigenvalue weighted by Gasteiger charge is -2.39. The lowest BCUT2D eigenvalue weighted by Crippen LogP contribution is -2.51. The molecule has 0 fully saturated rings. The van der Waals surface area contributed by atoms with E-state index >= 15 is 0 Å². The van der Waals surface area contributed by atoms with Gasteiger partial charge in [0, 0.05) is 25.2 Å². The molecule has 1 N–H and O–H groups in total. The summed E-state index contributed by atoms with van der Waals surface area (Å²) in [6.07, 6.45) is -0.706. The van der Waals surface area contributed by atoms with Gasteiger partial charge in [0.15, 0.2) is 0 Å². The average Bonchev–Trinajstić information content (AvgIpc) is 3.00. The predicted octanol–water partition coefficient (Wildman–Crippen LogP) is 3.05. The molecule has 3 rings (SSSR count). The molecular weight excluding hydrogens is 346 g/mol. The van der Waals surface area contributed by atoms with Crippen molar-refractivity contribution in [1.82, 2.24) is 9.78 Å². The predicted molar refractivity (Wildman–Crippen MR) is 91.7 cm³/mol. The van der Waals surface area contributed by atoms with Gasteiger partial charge in [-0.25, -0.2) is 13.6 Å². The summed E-state index contributed by atoms with van der Waals surface area (Å²) in [6.45, 7) is 2.85. The summed E-state index contributed by atoms with van der Waals surface area (Å²) in [5.74, 6) is -0.179. The van der Waals surface area contributed by atoms with E-state index in [0.29, 0.717) is 22.5 Å². The Hall–Kier alpha value is -2.97. The van der Waals surface area contributed by atoms with Crippen molar-refractivity contribution >= 4 is 23.4 Å². The number of carbonyl (C=O) groups is 2. The van der Waals surface area contributed by atoms with E-state index in [2.05, 4.69) is 5.10 Å². The van der Waals surface area contributed by atoms with Crippen LogP contribution in [0.4, 0.5) is 25.0 Å². The van der Waals surface area contributed by atoms with E-state index in [-0.39, 0.29) is 18.5 Å². The van der Waals surface area contributed by atoms with Crippen LogP contribution in [0.3, 0.4) is 0 Å². The number of hydrogen-bond donors (Lipinski definition) is 1. The third kappa shape index (κ3) is 3.24. The lowest BCUT2D eigenvalue weighted by atomic mass is 10.0. The van der Waals surface area contributed by atoms with Crippen LogP contribution < -0.4 is 9.80 Å². The molecule has 1 aliphatic rings. The van der Waals surface area contributed by atoms with Gasteiger partial charge in [0.1, 0.15) is 6.54 Å². The van der Waals surface area contributed by atoms with Gasteiger partial charge in [-0.15, -0.1) is 0 Å². The first kappa shape index (κ1) is 17.8. The first-order valence-electron chi connectivity index (χ1n) is 8.03. The third-order valence-electron chi connectivity index (χ3n) is 4.28. The smallest absolute Gasteiger partial charge is 0.411 e. The first-order valence-corrected chi connectivity index (χ1v) is 8.03. The zero-order valence-corrected chi connectivity index (χ0v) is 14.3. The summed E-state index contributed by atoms with van der Waals surface area (Å²) in [7, 11) is 0. The van der Waals surface area contributed by atoms with Gasteiger partial charge in [-0.2, -0.15) is 5.10 Å². The van der Waals surface area contributed by atoms with Gasteiger partial charge in [-0.3, -0.25) is 14.4 Å². The van der Waals surface area contributed by atoms with Crippen molar-refractivity contribution in [3.8, 4) is 11.1 Å². The number of carbonyl (C=O) groups excluding carboxylic acids is 1. The number of aromatic nitrogens is 2. The van der Waals surface area contributed by atoms with E-state index in [4.69, 9.17) is 0 Å². The molecular formula is C17H18F2N4O3. The molecule has 1 aromatic heterocycles. The largest absolute Gasteiger partial charge is 0.465 e. The summed E-state index contributed by atoms with van der Waals surface area (Å²) in [4.78, 5) is 26.4. The number of fused-ring (bicyclic) bond motifs is 1. The second-order valence-corrected chi connectivity index (χ2v) is 6.18. The summed E-state index contributed by atoms with van der Waals surface area (Å²) in [5, 5.41) is 13.4. The minimum absolute atomic E-state index is 0.149. The molecule has 9 heteroatoms. The fourth-order valence-corrected chi connectivity index (χ4v) is 3.22. The maximum atomic E-state index is 12.5. The Labute approximate surface area is 148 Å².